The second kappa shape index (κ2) is 8.10. The van der Waals surface area contributed by atoms with Crippen molar-refractivity contribution in [1.82, 2.24) is 0 Å². The number of carbonyl (C=O) groups is 1. The zero-order valence-corrected chi connectivity index (χ0v) is 19.9. The van der Waals surface area contributed by atoms with Gasteiger partial charge in [0, 0.05) is 6.42 Å². The standard InChI is InChI=1S/C27H43NO2/c1-17(2)7-6-8-18(3)21-9-10-22-20-16-25(28-30)24-15-19(29)11-13-27(24,5)23(20)12-14-26(21,22)4/h15,17-18,20-23,30H,6-14,16H2,1-5H3/b28-25+/t18?,20?,21-,22?,23?,26-,27-/m1/s1. The summed E-state index contributed by atoms with van der Waals surface area (Å²) in [6, 6.07) is 0. The average molecular weight is 414 g/mol. The molecule has 168 valence electrons. The number of carbonyl (C=O) groups excluding carboxylic acids is 1. The van der Waals surface area contributed by atoms with Crippen LogP contribution in [0, 0.1) is 46.3 Å². The molecule has 0 radical (unpaired) electrons. The van der Waals surface area contributed by atoms with Gasteiger partial charge >= 0.3 is 0 Å². The van der Waals surface area contributed by atoms with Gasteiger partial charge in [0.1, 0.15) is 0 Å². The van der Waals surface area contributed by atoms with Crippen molar-refractivity contribution in [2.24, 2.45) is 51.5 Å². The Labute approximate surface area is 183 Å². The molecule has 4 rings (SSSR count). The highest BCUT2D eigenvalue weighted by molar-refractivity contribution is 6.08. The summed E-state index contributed by atoms with van der Waals surface area (Å²) in [4.78, 5) is 12.1. The third-order valence-corrected chi connectivity index (χ3v) is 10.1. The molecule has 0 aromatic heterocycles. The number of nitrogens with zero attached hydrogens (tertiary/aromatic N) is 1. The Morgan fingerprint density at radius 3 is 2.57 bits per heavy atom. The molecule has 30 heavy (non-hydrogen) atoms. The van der Waals surface area contributed by atoms with E-state index in [9.17, 15) is 10.0 Å². The molecule has 3 saturated carbocycles. The second-order valence-electron chi connectivity index (χ2n) is 12.1. The molecule has 3 fully saturated rings. The van der Waals surface area contributed by atoms with Crippen molar-refractivity contribution in [3.8, 4) is 0 Å². The molecule has 3 heteroatoms. The smallest absolute Gasteiger partial charge is 0.156 e. The van der Waals surface area contributed by atoms with Gasteiger partial charge in [-0.2, -0.15) is 0 Å². The monoisotopic (exact) mass is 413 g/mol. The van der Waals surface area contributed by atoms with Crippen LogP contribution in [0.5, 0.6) is 0 Å². The van der Waals surface area contributed by atoms with E-state index in [1.54, 1.807) is 0 Å². The summed E-state index contributed by atoms with van der Waals surface area (Å²) in [5, 5.41) is 13.6. The van der Waals surface area contributed by atoms with Crippen LogP contribution in [0.2, 0.25) is 0 Å². The van der Waals surface area contributed by atoms with Gasteiger partial charge in [0.2, 0.25) is 0 Å². The van der Waals surface area contributed by atoms with E-state index in [2.05, 4.69) is 39.8 Å². The maximum Gasteiger partial charge on any atom is 0.156 e. The van der Waals surface area contributed by atoms with Gasteiger partial charge in [-0.15, -0.1) is 0 Å². The lowest BCUT2D eigenvalue weighted by Crippen LogP contribution is -2.53. The quantitative estimate of drug-likeness (QED) is 0.388. The van der Waals surface area contributed by atoms with Gasteiger partial charge in [-0.25, -0.2) is 0 Å². The van der Waals surface area contributed by atoms with Crippen LogP contribution in [0.4, 0.5) is 0 Å². The average Bonchev–Trinajstić information content (AvgIpc) is 3.05. The van der Waals surface area contributed by atoms with Crippen LogP contribution in [-0.2, 0) is 4.79 Å². The molecule has 3 nitrogen and oxygen atoms in total. The largest absolute Gasteiger partial charge is 0.411 e. The molecule has 0 heterocycles. The summed E-state index contributed by atoms with van der Waals surface area (Å²) in [6.07, 6.45) is 13.7. The van der Waals surface area contributed by atoms with Crippen molar-refractivity contribution in [2.75, 3.05) is 0 Å². The van der Waals surface area contributed by atoms with Crippen LogP contribution in [-0.4, -0.2) is 16.7 Å². The lowest BCUT2D eigenvalue weighted by molar-refractivity contribution is -0.116. The summed E-state index contributed by atoms with van der Waals surface area (Å²) >= 11 is 0. The molecule has 0 amide bonds. The summed E-state index contributed by atoms with van der Waals surface area (Å²) in [5.74, 6) is 4.64. The molecule has 4 aliphatic carbocycles. The van der Waals surface area contributed by atoms with E-state index in [1.807, 2.05) is 6.08 Å². The fourth-order valence-electron chi connectivity index (χ4n) is 8.53. The summed E-state index contributed by atoms with van der Waals surface area (Å²) in [7, 11) is 0. The summed E-state index contributed by atoms with van der Waals surface area (Å²) in [5.41, 5.74) is 2.31. The number of ketones is 1. The molecule has 0 aliphatic heterocycles. The Morgan fingerprint density at radius 1 is 1.10 bits per heavy atom. The minimum absolute atomic E-state index is 0.0146. The molecule has 1 N–H and O–H groups in total. The van der Waals surface area contributed by atoms with E-state index in [1.165, 1.54) is 44.9 Å². The molecule has 4 unspecified atom stereocenters. The van der Waals surface area contributed by atoms with E-state index in [4.69, 9.17) is 0 Å². The third kappa shape index (κ3) is 3.48. The van der Waals surface area contributed by atoms with Gasteiger partial charge in [0.05, 0.1) is 5.71 Å². The lowest BCUT2D eigenvalue weighted by Gasteiger charge is -2.58. The van der Waals surface area contributed by atoms with E-state index in [0.29, 0.717) is 23.7 Å². The molecular formula is C27H43NO2. The molecule has 0 aromatic carbocycles. The van der Waals surface area contributed by atoms with Crippen molar-refractivity contribution >= 4 is 11.5 Å². The highest BCUT2D eigenvalue weighted by Gasteiger charge is 2.60. The van der Waals surface area contributed by atoms with E-state index in [-0.39, 0.29) is 11.2 Å². The number of hydrogen-bond donors (Lipinski definition) is 1. The molecule has 0 spiro atoms. The number of hydrogen-bond acceptors (Lipinski definition) is 3. The zero-order valence-electron chi connectivity index (χ0n) is 19.9. The van der Waals surface area contributed by atoms with Crippen molar-refractivity contribution < 1.29 is 10.0 Å². The fraction of sp³-hybridized carbons (Fsp3) is 0.852. The van der Waals surface area contributed by atoms with Gasteiger partial charge in [0.15, 0.2) is 5.78 Å². The van der Waals surface area contributed by atoms with Crippen LogP contribution >= 0.6 is 0 Å². The predicted molar refractivity (Wildman–Crippen MR) is 123 cm³/mol. The molecular weight excluding hydrogens is 370 g/mol. The van der Waals surface area contributed by atoms with E-state index >= 15 is 0 Å². The van der Waals surface area contributed by atoms with Crippen LogP contribution in [0.25, 0.3) is 0 Å². The van der Waals surface area contributed by atoms with Crippen molar-refractivity contribution in [2.45, 2.75) is 98.8 Å². The third-order valence-electron chi connectivity index (χ3n) is 10.1. The number of fused-ring (bicyclic) bond motifs is 5. The second-order valence-corrected chi connectivity index (χ2v) is 12.1. The van der Waals surface area contributed by atoms with Gasteiger partial charge < -0.3 is 5.21 Å². The summed E-state index contributed by atoms with van der Waals surface area (Å²) < 4.78 is 0. The van der Waals surface area contributed by atoms with Crippen LogP contribution in [0.15, 0.2) is 16.8 Å². The topological polar surface area (TPSA) is 49.7 Å². The first-order valence-electron chi connectivity index (χ1n) is 12.7. The van der Waals surface area contributed by atoms with Crippen LogP contribution in [0.1, 0.15) is 98.8 Å². The molecule has 4 aliphatic rings. The highest BCUT2D eigenvalue weighted by atomic mass is 16.4. The molecule has 0 bridgehead atoms. The Kier molecular flexibility index (Phi) is 5.96. The van der Waals surface area contributed by atoms with Crippen molar-refractivity contribution in [1.29, 1.82) is 0 Å². The Hall–Kier alpha value is -1.12. The summed E-state index contributed by atoms with van der Waals surface area (Å²) in [6.45, 7) is 12.1. The molecule has 7 atom stereocenters. The first kappa shape index (κ1) is 22.1. The number of rotatable bonds is 5. The maximum atomic E-state index is 12.1. The minimum atomic E-state index is 0.0146. The zero-order chi connectivity index (χ0) is 21.7. The van der Waals surface area contributed by atoms with E-state index in [0.717, 1.165) is 47.8 Å². The SMILES string of the molecule is CC(C)CCCC(C)[C@H]1CCC2C3C/C(=N\O)C4=CC(=O)CC[C@]4(C)C3CC[C@@]21C. The lowest BCUT2D eigenvalue weighted by atomic mass is 9.46. The van der Waals surface area contributed by atoms with Crippen molar-refractivity contribution in [3.63, 3.8) is 0 Å². The first-order chi connectivity index (χ1) is 14.2. The van der Waals surface area contributed by atoms with Crippen LogP contribution < -0.4 is 0 Å². The fourth-order valence-corrected chi connectivity index (χ4v) is 8.53. The normalized spacial score (nSPS) is 43.2. The molecule has 0 saturated heterocycles. The maximum absolute atomic E-state index is 12.1. The first-order valence-corrected chi connectivity index (χ1v) is 12.7. The Bertz CT molecular complexity index is 737. The Balaban J connectivity index is 1.57. The Morgan fingerprint density at radius 2 is 1.87 bits per heavy atom. The minimum Gasteiger partial charge on any atom is -0.411 e. The van der Waals surface area contributed by atoms with Gasteiger partial charge in [-0.1, -0.05) is 59.0 Å². The number of oxime groups is 1. The van der Waals surface area contributed by atoms with Crippen LogP contribution in [0.3, 0.4) is 0 Å². The predicted octanol–water partition coefficient (Wildman–Crippen LogP) is 7.04. The number of allylic oxidation sites excluding steroid dienone is 1. The molecule has 0 aromatic rings. The van der Waals surface area contributed by atoms with Gasteiger partial charge in [0.25, 0.3) is 0 Å². The van der Waals surface area contributed by atoms with Crippen molar-refractivity contribution in [3.05, 3.63) is 11.6 Å². The van der Waals surface area contributed by atoms with E-state index < -0.39 is 0 Å². The van der Waals surface area contributed by atoms with Gasteiger partial charge in [-0.05, 0) is 96.5 Å². The van der Waals surface area contributed by atoms with Gasteiger partial charge in [-0.3, -0.25) is 4.79 Å². The highest BCUT2D eigenvalue weighted by Crippen LogP contribution is 2.67.